The molecule has 1 N–H and O–H groups in total. The molecule has 1 heterocycles. The molecule has 4 nitrogen and oxygen atoms in total. The minimum atomic E-state index is -0.197. The van der Waals surface area contributed by atoms with E-state index in [1.165, 1.54) is 0 Å². The number of hydrogen-bond acceptors (Lipinski definition) is 2. The number of nitrogens with zero attached hydrogens (tertiary/aromatic N) is 1. The molecular weight excluding hydrogens is 427 g/mol. The summed E-state index contributed by atoms with van der Waals surface area (Å²) in [5.41, 5.74) is 1.73. The van der Waals surface area contributed by atoms with Crippen LogP contribution in [0.2, 0.25) is 0 Å². The van der Waals surface area contributed by atoms with Crippen LogP contribution in [0.4, 0.5) is 5.69 Å². The Balaban J connectivity index is 1.80. The first-order valence-electron chi connectivity index (χ1n) is 8.50. The van der Waals surface area contributed by atoms with Gasteiger partial charge in [0.1, 0.15) is 0 Å². The van der Waals surface area contributed by atoms with Crippen LogP contribution in [0.15, 0.2) is 48.5 Å². The standard InChI is InChI=1S/C20H21IN2O2/c1-14-10-12-23(13-11-14)20(25)16-7-3-5-9-18(16)22-19(24)15-6-2-4-8-17(15)21/h2-9,14H,10-13H2,1H3,(H,22,24). The molecular formula is C20H21IN2O2. The molecule has 1 fully saturated rings. The summed E-state index contributed by atoms with van der Waals surface area (Å²) in [5, 5.41) is 2.91. The van der Waals surface area contributed by atoms with Crippen molar-refractivity contribution in [3.05, 3.63) is 63.2 Å². The Morgan fingerprint density at radius 3 is 2.28 bits per heavy atom. The van der Waals surface area contributed by atoms with Crippen molar-refractivity contribution < 1.29 is 9.59 Å². The highest BCUT2D eigenvalue weighted by Gasteiger charge is 2.23. The molecule has 3 rings (SSSR count). The number of benzene rings is 2. The van der Waals surface area contributed by atoms with Gasteiger partial charge in [0.15, 0.2) is 0 Å². The zero-order valence-corrected chi connectivity index (χ0v) is 16.3. The fourth-order valence-corrected chi connectivity index (χ4v) is 3.63. The molecule has 2 amide bonds. The molecule has 0 radical (unpaired) electrons. The average Bonchev–Trinajstić information content (AvgIpc) is 2.62. The summed E-state index contributed by atoms with van der Waals surface area (Å²) in [5.74, 6) is 0.460. The smallest absolute Gasteiger partial charge is 0.256 e. The molecule has 130 valence electrons. The van der Waals surface area contributed by atoms with Crippen molar-refractivity contribution in [3.8, 4) is 0 Å². The monoisotopic (exact) mass is 448 g/mol. The first-order valence-corrected chi connectivity index (χ1v) is 9.58. The number of piperidine rings is 1. The minimum Gasteiger partial charge on any atom is -0.339 e. The van der Waals surface area contributed by atoms with Crippen LogP contribution in [-0.2, 0) is 0 Å². The summed E-state index contributed by atoms with van der Waals surface area (Å²) >= 11 is 2.14. The first kappa shape index (κ1) is 17.9. The van der Waals surface area contributed by atoms with Gasteiger partial charge < -0.3 is 10.2 Å². The number of para-hydroxylation sites is 1. The number of amides is 2. The van der Waals surface area contributed by atoms with Crippen LogP contribution in [-0.4, -0.2) is 29.8 Å². The topological polar surface area (TPSA) is 49.4 Å². The summed E-state index contributed by atoms with van der Waals surface area (Å²) in [6.45, 7) is 3.77. The Labute approximate surface area is 161 Å². The van der Waals surface area contributed by atoms with E-state index in [1.54, 1.807) is 18.2 Å². The fraction of sp³-hybridized carbons (Fsp3) is 0.300. The van der Waals surface area contributed by atoms with Gasteiger partial charge in [-0.3, -0.25) is 9.59 Å². The Hall–Kier alpha value is -1.89. The van der Waals surface area contributed by atoms with Crippen molar-refractivity contribution in [2.75, 3.05) is 18.4 Å². The lowest BCUT2D eigenvalue weighted by Gasteiger charge is -2.30. The van der Waals surface area contributed by atoms with Crippen molar-refractivity contribution in [3.63, 3.8) is 0 Å². The third-order valence-corrected chi connectivity index (χ3v) is 5.54. The molecule has 0 aromatic heterocycles. The second-order valence-corrected chi connectivity index (χ2v) is 7.62. The van der Waals surface area contributed by atoms with E-state index in [-0.39, 0.29) is 11.8 Å². The highest BCUT2D eigenvalue weighted by Crippen LogP contribution is 2.23. The normalized spacial score (nSPS) is 15.0. The SMILES string of the molecule is CC1CCN(C(=O)c2ccccc2NC(=O)c2ccccc2I)CC1. The van der Waals surface area contributed by atoms with Crippen LogP contribution >= 0.6 is 22.6 Å². The number of halogens is 1. The van der Waals surface area contributed by atoms with Crippen molar-refractivity contribution in [1.82, 2.24) is 4.90 Å². The summed E-state index contributed by atoms with van der Waals surface area (Å²) in [7, 11) is 0. The van der Waals surface area contributed by atoms with Gasteiger partial charge in [-0.15, -0.1) is 0 Å². The van der Waals surface area contributed by atoms with Gasteiger partial charge in [0.05, 0.1) is 16.8 Å². The molecule has 0 atom stereocenters. The molecule has 5 heteroatoms. The number of carbonyl (C=O) groups excluding carboxylic acids is 2. The lowest BCUT2D eigenvalue weighted by atomic mass is 9.98. The summed E-state index contributed by atoms with van der Waals surface area (Å²) in [6, 6.07) is 14.6. The van der Waals surface area contributed by atoms with Gasteiger partial charge in [0.25, 0.3) is 11.8 Å². The van der Waals surface area contributed by atoms with E-state index in [2.05, 4.69) is 34.8 Å². The number of nitrogens with one attached hydrogen (secondary N) is 1. The van der Waals surface area contributed by atoms with E-state index in [4.69, 9.17) is 0 Å². The maximum Gasteiger partial charge on any atom is 0.256 e. The molecule has 2 aromatic rings. The molecule has 1 aliphatic heterocycles. The number of anilines is 1. The van der Waals surface area contributed by atoms with E-state index in [1.807, 2.05) is 35.2 Å². The van der Waals surface area contributed by atoms with Gasteiger partial charge in [-0.25, -0.2) is 0 Å². The highest BCUT2D eigenvalue weighted by molar-refractivity contribution is 14.1. The van der Waals surface area contributed by atoms with Gasteiger partial charge in [-0.1, -0.05) is 31.2 Å². The molecule has 1 saturated heterocycles. The van der Waals surface area contributed by atoms with Crippen LogP contribution < -0.4 is 5.32 Å². The molecule has 0 unspecified atom stereocenters. The second kappa shape index (κ2) is 7.99. The number of likely N-dealkylation sites (tertiary alicyclic amines) is 1. The third kappa shape index (κ3) is 4.21. The van der Waals surface area contributed by atoms with E-state index >= 15 is 0 Å². The van der Waals surface area contributed by atoms with Gasteiger partial charge >= 0.3 is 0 Å². The molecule has 2 aromatic carbocycles. The van der Waals surface area contributed by atoms with Crippen LogP contribution in [0.5, 0.6) is 0 Å². The molecule has 0 saturated carbocycles. The molecule has 0 aliphatic carbocycles. The quantitative estimate of drug-likeness (QED) is 0.708. The fourth-order valence-electron chi connectivity index (χ4n) is 3.00. The third-order valence-electron chi connectivity index (χ3n) is 4.60. The molecule has 0 bridgehead atoms. The zero-order valence-electron chi connectivity index (χ0n) is 14.2. The number of hydrogen-bond donors (Lipinski definition) is 1. The van der Waals surface area contributed by atoms with Crippen molar-refractivity contribution in [2.45, 2.75) is 19.8 Å². The molecule has 25 heavy (non-hydrogen) atoms. The van der Waals surface area contributed by atoms with Crippen LogP contribution in [0.25, 0.3) is 0 Å². The average molecular weight is 448 g/mol. The van der Waals surface area contributed by atoms with Crippen LogP contribution in [0, 0.1) is 9.49 Å². The molecule has 0 spiro atoms. The van der Waals surface area contributed by atoms with Crippen molar-refractivity contribution >= 4 is 40.1 Å². The predicted octanol–water partition coefficient (Wildman–Crippen LogP) is 4.42. The minimum absolute atomic E-state index is 0.00874. The summed E-state index contributed by atoms with van der Waals surface area (Å²) in [4.78, 5) is 27.4. The maximum atomic E-state index is 12.9. The predicted molar refractivity (Wildman–Crippen MR) is 108 cm³/mol. The highest BCUT2D eigenvalue weighted by atomic mass is 127. The summed E-state index contributed by atoms with van der Waals surface area (Å²) in [6.07, 6.45) is 2.06. The van der Waals surface area contributed by atoms with Crippen LogP contribution in [0.1, 0.15) is 40.5 Å². The maximum absolute atomic E-state index is 12.9. The second-order valence-electron chi connectivity index (χ2n) is 6.45. The largest absolute Gasteiger partial charge is 0.339 e. The first-order chi connectivity index (χ1) is 12.1. The lowest BCUT2D eigenvalue weighted by Crippen LogP contribution is -2.38. The Morgan fingerprint density at radius 1 is 1.00 bits per heavy atom. The van der Waals surface area contributed by atoms with Gasteiger partial charge in [0.2, 0.25) is 0 Å². The summed E-state index contributed by atoms with van der Waals surface area (Å²) < 4.78 is 0.881. The Kier molecular flexibility index (Phi) is 5.73. The van der Waals surface area contributed by atoms with Crippen LogP contribution in [0.3, 0.4) is 0 Å². The van der Waals surface area contributed by atoms with Crippen molar-refractivity contribution in [1.29, 1.82) is 0 Å². The zero-order chi connectivity index (χ0) is 17.8. The van der Waals surface area contributed by atoms with E-state index in [9.17, 15) is 9.59 Å². The van der Waals surface area contributed by atoms with E-state index in [0.29, 0.717) is 22.7 Å². The van der Waals surface area contributed by atoms with Gasteiger partial charge in [-0.2, -0.15) is 0 Å². The Bertz CT molecular complexity index is 783. The van der Waals surface area contributed by atoms with Crippen molar-refractivity contribution in [2.24, 2.45) is 5.92 Å². The van der Waals surface area contributed by atoms with E-state index < -0.39 is 0 Å². The molecule has 1 aliphatic rings. The van der Waals surface area contributed by atoms with E-state index in [0.717, 1.165) is 29.5 Å². The number of carbonyl (C=O) groups is 2. The van der Waals surface area contributed by atoms with Gasteiger partial charge in [-0.05, 0) is 65.6 Å². The Morgan fingerprint density at radius 2 is 1.60 bits per heavy atom. The van der Waals surface area contributed by atoms with Gasteiger partial charge in [0, 0.05) is 16.7 Å². The lowest BCUT2D eigenvalue weighted by molar-refractivity contribution is 0.0698. The number of rotatable bonds is 3.